The van der Waals surface area contributed by atoms with Gasteiger partial charge in [-0.15, -0.1) is 0 Å². The molecule has 0 aliphatic carbocycles. The van der Waals surface area contributed by atoms with Gasteiger partial charge in [-0.1, -0.05) is 29.8 Å². The third-order valence-electron chi connectivity index (χ3n) is 2.91. The molecule has 0 unspecified atom stereocenters. The van der Waals surface area contributed by atoms with Crippen LogP contribution >= 0.6 is 11.6 Å². The lowest BCUT2D eigenvalue weighted by Gasteiger charge is -2.13. The van der Waals surface area contributed by atoms with Gasteiger partial charge in [0, 0.05) is 11.6 Å². The van der Waals surface area contributed by atoms with Gasteiger partial charge in [0.2, 0.25) is 0 Å². The largest absolute Gasteiger partial charge is 0.326 e. The first kappa shape index (κ1) is 14.8. The minimum absolute atomic E-state index is 0.203. The van der Waals surface area contributed by atoms with E-state index in [9.17, 15) is 8.42 Å². The monoisotopic (exact) mass is 310 g/mol. The summed E-state index contributed by atoms with van der Waals surface area (Å²) >= 11 is 5.84. The molecule has 0 aliphatic heterocycles. The van der Waals surface area contributed by atoms with E-state index in [1.54, 1.807) is 37.3 Å². The highest BCUT2D eigenvalue weighted by atomic mass is 35.5. The molecule has 106 valence electrons. The molecule has 0 saturated carbocycles. The van der Waals surface area contributed by atoms with E-state index in [1.807, 2.05) is 6.07 Å². The summed E-state index contributed by atoms with van der Waals surface area (Å²) in [6, 6.07) is 11.7. The Kier molecular flexibility index (Phi) is 4.32. The van der Waals surface area contributed by atoms with Gasteiger partial charge in [-0.25, -0.2) is 8.42 Å². The van der Waals surface area contributed by atoms with E-state index in [0.29, 0.717) is 16.3 Å². The highest BCUT2D eigenvalue weighted by Crippen LogP contribution is 2.23. The van der Waals surface area contributed by atoms with Crippen molar-refractivity contribution in [2.24, 2.45) is 5.73 Å². The fraction of sp³-hybridized carbons (Fsp3) is 0.143. The van der Waals surface area contributed by atoms with Crippen molar-refractivity contribution in [3.63, 3.8) is 0 Å². The number of sulfonamides is 1. The highest BCUT2D eigenvalue weighted by Gasteiger charge is 2.18. The van der Waals surface area contributed by atoms with Crippen molar-refractivity contribution in [1.82, 2.24) is 0 Å². The molecule has 0 aromatic heterocycles. The first-order chi connectivity index (χ1) is 9.44. The van der Waals surface area contributed by atoms with Crippen LogP contribution < -0.4 is 10.5 Å². The number of nitrogens with two attached hydrogens (primary N) is 1. The molecule has 0 heterocycles. The van der Waals surface area contributed by atoms with Crippen molar-refractivity contribution in [3.05, 3.63) is 58.6 Å². The number of para-hydroxylation sites is 1. The molecule has 0 amide bonds. The topological polar surface area (TPSA) is 72.2 Å². The molecule has 20 heavy (non-hydrogen) atoms. The maximum atomic E-state index is 12.4. The van der Waals surface area contributed by atoms with Crippen LogP contribution in [0.1, 0.15) is 11.1 Å². The van der Waals surface area contributed by atoms with Crippen molar-refractivity contribution >= 4 is 27.3 Å². The number of aryl methyl sites for hydroxylation is 1. The number of nitrogens with one attached hydrogen (secondary N) is 1. The lowest BCUT2D eigenvalue weighted by atomic mass is 10.2. The quantitative estimate of drug-likeness (QED) is 0.912. The Labute approximate surface area is 123 Å². The fourth-order valence-corrected chi connectivity index (χ4v) is 3.47. The molecule has 0 saturated heterocycles. The summed E-state index contributed by atoms with van der Waals surface area (Å²) in [5, 5.41) is 0.504. The molecule has 3 N–H and O–H groups in total. The molecule has 6 heteroatoms. The Balaban J connectivity index is 2.41. The summed E-state index contributed by atoms with van der Waals surface area (Å²) in [5.41, 5.74) is 7.43. The normalized spacial score (nSPS) is 11.3. The van der Waals surface area contributed by atoms with Gasteiger partial charge in [-0.05, 0) is 42.3 Å². The number of hydrogen-bond acceptors (Lipinski definition) is 3. The van der Waals surface area contributed by atoms with E-state index < -0.39 is 10.0 Å². The van der Waals surface area contributed by atoms with E-state index in [-0.39, 0.29) is 11.4 Å². The van der Waals surface area contributed by atoms with Crippen LogP contribution in [-0.2, 0) is 16.6 Å². The van der Waals surface area contributed by atoms with Gasteiger partial charge in [0.15, 0.2) is 0 Å². The summed E-state index contributed by atoms with van der Waals surface area (Å²) in [7, 11) is -3.66. The van der Waals surface area contributed by atoms with Crippen LogP contribution in [0.2, 0.25) is 5.02 Å². The Bertz CT molecular complexity index is 730. The number of anilines is 1. The Morgan fingerprint density at radius 1 is 1.20 bits per heavy atom. The van der Waals surface area contributed by atoms with Crippen molar-refractivity contribution in [2.45, 2.75) is 18.4 Å². The molecule has 0 bridgehead atoms. The smallest absolute Gasteiger partial charge is 0.262 e. The SMILES string of the molecule is Cc1cc(Cl)ccc1S(=O)(=O)Nc1ccccc1CN. The van der Waals surface area contributed by atoms with Crippen LogP contribution in [0, 0.1) is 6.92 Å². The summed E-state index contributed by atoms with van der Waals surface area (Å²) in [5.74, 6) is 0. The van der Waals surface area contributed by atoms with Crippen LogP contribution in [0.15, 0.2) is 47.4 Å². The molecular weight excluding hydrogens is 296 g/mol. The number of hydrogen-bond donors (Lipinski definition) is 2. The van der Waals surface area contributed by atoms with Crippen molar-refractivity contribution in [1.29, 1.82) is 0 Å². The standard InChI is InChI=1S/C14H15ClN2O2S/c1-10-8-12(15)6-7-14(10)20(18,19)17-13-5-3-2-4-11(13)9-16/h2-8,17H,9,16H2,1H3. The van der Waals surface area contributed by atoms with Crippen LogP contribution in [0.5, 0.6) is 0 Å². The maximum absolute atomic E-state index is 12.4. The molecule has 0 spiro atoms. The fourth-order valence-electron chi connectivity index (χ4n) is 1.91. The zero-order chi connectivity index (χ0) is 14.8. The van der Waals surface area contributed by atoms with Crippen LogP contribution in [-0.4, -0.2) is 8.42 Å². The Hall–Kier alpha value is -1.56. The van der Waals surface area contributed by atoms with Crippen LogP contribution in [0.4, 0.5) is 5.69 Å². The second kappa shape index (κ2) is 5.83. The molecule has 0 fully saturated rings. The van der Waals surface area contributed by atoms with Crippen molar-refractivity contribution < 1.29 is 8.42 Å². The van der Waals surface area contributed by atoms with Gasteiger partial charge in [0.05, 0.1) is 10.6 Å². The van der Waals surface area contributed by atoms with E-state index >= 15 is 0 Å². The zero-order valence-electron chi connectivity index (χ0n) is 10.9. The van der Waals surface area contributed by atoms with Gasteiger partial charge in [0.25, 0.3) is 10.0 Å². The minimum atomic E-state index is -3.66. The minimum Gasteiger partial charge on any atom is -0.326 e. The number of rotatable bonds is 4. The predicted molar refractivity (Wildman–Crippen MR) is 81.3 cm³/mol. The van der Waals surface area contributed by atoms with Gasteiger partial charge >= 0.3 is 0 Å². The number of halogens is 1. The molecule has 0 aliphatic rings. The van der Waals surface area contributed by atoms with Gasteiger partial charge in [-0.3, -0.25) is 4.72 Å². The lowest BCUT2D eigenvalue weighted by molar-refractivity contribution is 0.600. The van der Waals surface area contributed by atoms with Crippen LogP contribution in [0.3, 0.4) is 0 Å². The first-order valence-corrected chi connectivity index (χ1v) is 7.87. The van der Waals surface area contributed by atoms with Crippen molar-refractivity contribution in [2.75, 3.05) is 4.72 Å². The molecule has 2 rings (SSSR count). The zero-order valence-corrected chi connectivity index (χ0v) is 12.5. The molecule has 0 radical (unpaired) electrons. The molecule has 4 nitrogen and oxygen atoms in total. The lowest BCUT2D eigenvalue weighted by Crippen LogP contribution is -2.16. The third kappa shape index (κ3) is 3.12. The summed E-state index contributed by atoms with van der Waals surface area (Å²) < 4.78 is 27.4. The van der Waals surface area contributed by atoms with Crippen LogP contribution in [0.25, 0.3) is 0 Å². The predicted octanol–water partition coefficient (Wildman–Crippen LogP) is 2.91. The summed E-state index contributed by atoms with van der Waals surface area (Å²) in [4.78, 5) is 0.203. The number of benzene rings is 2. The highest BCUT2D eigenvalue weighted by molar-refractivity contribution is 7.92. The molecular formula is C14H15ClN2O2S. The Morgan fingerprint density at radius 2 is 1.90 bits per heavy atom. The average Bonchev–Trinajstić information content (AvgIpc) is 2.38. The van der Waals surface area contributed by atoms with Gasteiger partial charge < -0.3 is 5.73 Å². The van der Waals surface area contributed by atoms with Crippen molar-refractivity contribution in [3.8, 4) is 0 Å². The first-order valence-electron chi connectivity index (χ1n) is 6.01. The van der Waals surface area contributed by atoms with E-state index in [1.165, 1.54) is 6.07 Å². The molecule has 2 aromatic rings. The van der Waals surface area contributed by atoms with E-state index in [4.69, 9.17) is 17.3 Å². The second-order valence-corrected chi connectivity index (χ2v) is 6.46. The third-order valence-corrected chi connectivity index (χ3v) is 4.67. The second-order valence-electron chi connectivity index (χ2n) is 4.38. The van der Waals surface area contributed by atoms with Gasteiger partial charge in [-0.2, -0.15) is 0 Å². The summed E-state index contributed by atoms with van der Waals surface area (Å²) in [6.45, 7) is 1.97. The van der Waals surface area contributed by atoms with Gasteiger partial charge in [0.1, 0.15) is 0 Å². The molecule has 0 atom stereocenters. The summed E-state index contributed by atoms with van der Waals surface area (Å²) in [6.07, 6.45) is 0. The maximum Gasteiger partial charge on any atom is 0.262 e. The molecule has 2 aromatic carbocycles. The Morgan fingerprint density at radius 3 is 2.55 bits per heavy atom. The average molecular weight is 311 g/mol. The van der Waals surface area contributed by atoms with E-state index in [0.717, 1.165) is 5.56 Å². The van der Waals surface area contributed by atoms with E-state index in [2.05, 4.69) is 4.72 Å².